The fourth-order valence-electron chi connectivity index (χ4n) is 2.65. The predicted molar refractivity (Wildman–Crippen MR) is 87.1 cm³/mol. The lowest BCUT2D eigenvalue weighted by Gasteiger charge is -2.21. The molecule has 0 bridgehead atoms. The number of carboxylic acids is 2. The van der Waals surface area contributed by atoms with Gasteiger partial charge >= 0.3 is 11.9 Å². The Kier molecular flexibility index (Phi) is 6.67. The van der Waals surface area contributed by atoms with E-state index in [9.17, 15) is 24.3 Å². The lowest BCUT2D eigenvalue weighted by Crippen LogP contribution is -2.55. The molecule has 26 heavy (non-hydrogen) atoms. The quantitative estimate of drug-likeness (QED) is 0.297. The number of hydrogen-bond acceptors (Lipinski definition) is 6. The molecular formula is C15H21N5O6. The summed E-state index contributed by atoms with van der Waals surface area (Å²) in [4.78, 5) is 53.4. The highest BCUT2D eigenvalue weighted by atomic mass is 16.4. The normalized spacial score (nSPS) is 18.7. The summed E-state index contributed by atoms with van der Waals surface area (Å²) in [6.45, 7) is 0.666. The number of carboxylic acid groups (broad SMARTS) is 2. The van der Waals surface area contributed by atoms with Crippen molar-refractivity contribution in [2.45, 2.75) is 43.8 Å². The molecule has 2 amide bonds. The molecule has 2 heterocycles. The number of carbonyl (C=O) groups is 4. The number of H-pyrrole nitrogens is 1. The lowest BCUT2D eigenvalue weighted by atomic mass is 10.1. The number of imidazole rings is 1. The van der Waals surface area contributed by atoms with Crippen molar-refractivity contribution in [3.05, 3.63) is 18.2 Å². The van der Waals surface area contributed by atoms with Crippen LogP contribution in [-0.4, -0.2) is 68.6 Å². The van der Waals surface area contributed by atoms with Gasteiger partial charge in [-0.3, -0.25) is 14.4 Å². The van der Waals surface area contributed by atoms with Crippen LogP contribution in [0, 0.1) is 0 Å². The van der Waals surface area contributed by atoms with Gasteiger partial charge in [-0.25, -0.2) is 9.78 Å². The Labute approximate surface area is 148 Å². The number of aromatic nitrogens is 2. The van der Waals surface area contributed by atoms with E-state index < -0.39 is 48.3 Å². The number of aromatic amines is 1. The van der Waals surface area contributed by atoms with E-state index in [1.165, 1.54) is 12.5 Å². The monoisotopic (exact) mass is 367 g/mol. The third-order valence-corrected chi connectivity index (χ3v) is 3.98. The second kappa shape index (κ2) is 8.94. The summed E-state index contributed by atoms with van der Waals surface area (Å²) in [6, 6.07) is -3.15. The van der Waals surface area contributed by atoms with E-state index >= 15 is 0 Å². The lowest BCUT2D eigenvalue weighted by molar-refractivity contribution is -0.143. The first-order valence-corrected chi connectivity index (χ1v) is 8.12. The average Bonchev–Trinajstić information content (AvgIpc) is 3.26. The van der Waals surface area contributed by atoms with Gasteiger partial charge in [0.15, 0.2) is 0 Å². The standard InChI is InChI=1S/C15H21N5O6/c21-12(22)5-10(19-13(23)9-2-1-3-17-9)14(24)20-11(15(25)26)4-8-6-16-7-18-8/h6-7,9-11,17H,1-5H2,(H,16,18)(H,19,23)(H,20,24)(H,21,22)(H,25,26)/t9-,10-,11-/m0/s1. The number of amides is 2. The molecule has 0 unspecified atom stereocenters. The van der Waals surface area contributed by atoms with Crippen molar-refractivity contribution in [3.8, 4) is 0 Å². The molecule has 0 spiro atoms. The molecule has 1 aliphatic rings. The van der Waals surface area contributed by atoms with E-state index in [0.717, 1.165) is 6.42 Å². The number of hydrogen-bond donors (Lipinski definition) is 6. The van der Waals surface area contributed by atoms with Crippen LogP contribution in [0.3, 0.4) is 0 Å². The molecular weight excluding hydrogens is 346 g/mol. The third-order valence-electron chi connectivity index (χ3n) is 3.98. The number of nitrogens with zero attached hydrogens (tertiary/aromatic N) is 1. The highest BCUT2D eigenvalue weighted by Gasteiger charge is 2.31. The molecule has 0 aromatic carbocycles. The van der Waals surface area contributed by atoms with Crippen LogP contribution in [0.2, 0.25) is 0 Å². The maximum absolute atomic E-state index is 12.4. The Morgan fingerprint density at radius 2 is 2.00 bits per heavy atom. The zero-order valence-electron chi connectivity index (χ0n) is 13.9. The molecule has 0 aliphatic carbocycles. The van der Waals surface area contributed by atoms with Crippen LogP contribution < -0.4 is 16.0 Å². The minimum atomic E-state index is -1.37. The van der Waals surface area contributed by atoms with Gasteiger partial charge in [0.25, 0.3) is 0 Å². The molecule has 1 aromatic rings. The number of nitrogens with one attached hydrogen (secondary N) is 4. The topological polar surface area (TPSA) is 174 Å². The molecule has 3 atom stereocenters. The van der Waals surface area contributed by atoms with Crippen molar-refractivity contribution in [2.24, 2.45) is 0 Å². The Morgan fingerprint density at radius 3 is 2.54 bits per heavy atom. The largest absolute Gasteiger partial charge is 0.481 e. The summed E-state index contributed by atoms with van der Waals surface area (Å²) in [5.41, 5.74) is 0.492. The fraction of sp³-hybridized carbons (Fsp3) is 0.533. The average molecular weight is 367 g/mol. The zero-order chi connectivity index (χ0) is 19.1. The van der Waals surface area contributed by atoms with Gasteiger partial charge in [0.2, 0.25) is 11.8 Å². The maximum Gasteiger partial charge on any atom is 0.326 e. The molecule has 11 nitrogen and oxygen atoms in total. The molecule has 142 valence electrons. The first kappa shape index (κ1) is 19.4. The van der Waals surface area contributed by atoms with Gasteiger partial charge in [-0.15, -0.1) is 0 Å². The van der Waals surface area contributed by atoms with E-state index in [-0.39, 0.29) is 6.42 Å². The van der Waals surface area contributed by atoms with E-state index in [1.54, 1.807) is 0 Å². The fourth-order valence-corrected chi connectivity index (χ4v) is 2.65. The van der Waals surface area contributed by atoms with Crippen LogP contribution in [0.1, 0.15) is 25.0 Å². The van der Waals surface area contributed by atoms with E-state index in [2.05, 4.69) is 25.9 Å². The third kappa shape index (κ3) is 5.55. The number of rotatable bonds is 9. The van der Waals surface area contributed by atoms with Crippen molar-refractivity contribution < 1.29 is 29.4 Å². The van der Waals surface area contributed by atoms with E-state index in [4.69, 9.17) is 5.11 Å². The Morgan fingerprint density at radius 1 is 1.23 bits per heavy atom. The highest BCUT2D eigenvalue weighted by molar-refractivity contribution is 5.94. The van der Waals surface area contributed by atoms with Gasteiger partial charge in [-0.1, -0.05) is 0 Å². The summed E-state index contributed by atoms with van der Waals surface area (Å²) in [5, 5.41) is 25.9. The van der Waals surface area contributed by atoms with Crippen LogP contribution in [0.15, 0.2) is 12.5 Å². The van der Waals surface area contributed by atoms with Gasteiger partial charge in [0.1, 0.15) is 12.1 Å². The van der Waals surface area contributed by atoms with Gasteiger partial charge in [-0.2, -0.15) is 0 Å². The van der Waals surface area contributed by atoms with Crippen molar-refractivity contribution in [2.75, 3.05) is 6.54 Å². The zero-order valence-corrected chi connectivity index (χ0v) is 13.9. The number of aliphatic carboxylic acids is 2. The predicted octanol–water partition coefficient (Wildman–Crippen LogP) is -1.77. The van der Waals surface area contributed by atoms with E-state index in [1.807, 2.05) is 0 Å². The summed E-state index contributed by atoms with van der Waals surface area (Å²) < 4.78 is 0. The summed E-state index contributed by atoms with van der Waals surface area (Å²) in [5.74, 6) is -3.92. The first-order chi connectivity index (χ1) is 12.4. The second-order valence-electron chi connectivity index (χ2n) is 5.99. The van der Waals surface area contributed by atoms with Gasteiger partial charge < -0.3 is 31.1 Å². The summed E-state index contributed by atoms with van der Waals surface area (Å²) in [7, 11) is 0. The van der Waals surface area contributed by atoms with Crippen LogP contribution in [0.5, 0.6) is 0 Å². The first-order valence-electron chi connectivity index (χ1n) is 8.12. The SMILES string of the molecule is O=C(O)C[C@H](NC(=O)[C@@H]1CCCN1)C(=O)N[C@@H](Cc1cnc[nH]1)C(=O)O. The second-order valence-corrected chi connectivity index (χ2v) is 5.99. The minimum Gasteiger partial charge on any atom is -0.481 e. The van der Waals surface area contributed by atoms with Crippen molar-refractivity contribution >= 4 is 23.8 Å². The molecule has 1 aliphatic heterocycles. The van der Waals surface area contributed by atoms with Crippen molar-refractivity contribution in [1.29, 1.82) is 0 Å². The minimum absolute atomic E-state index is 0.0566. The molecule has 6 N–H and O–H groups in total. The van der Waals surface area contributed by atoms with Crippen LogP contribution in [-0.2, 0) is 25.6 Å². The Bertz CT molecular complexity index is 655. The highest BCUT2D eigenvalue weighted by Crippen LogP contribution is 2.06. The molecule has 11 heteroatoms. The molecule has 1 fully saturated rings. The Balaban J connectivity index is 2.02. The molecule has 1 aromatic heterocycles. The van der Waals surface area contributed by atoms with Gasteiger partial charge in [0.05, 0.1) is 18.8 Å². The van der Waals surface area contributed by atoms with E-state index in [0.29, 0.717) is 18.7 Å². The summed E-state index contributed by atoms with van der Waals surface area (Å²) in [6.07, 6.45) is 3.48. The maximum atomic E-state index is 12.4. The van der Waals surface area contributed by atoms with Gasteiger partial charge in [-0.05, 0) is 19.4 Å². The molecule has 0 saturated carbocycles. The molecule has 1 saturated heterocycles. The smallest absolute Gasteiger partial charge is 0.326 e. The van der Waals surface area contributed by atoms with Crippen LogP contribution in [0.4, 0.5) is 0 Å². The molecule has 2 rings (SSSR count). The van der Waals surface area contributed by atoms with Crippen LogP contribution >= 0.6 is 0 Å². The van der Waals surface area contributed by atoms with Crippen molar-refractivity contribution in [1.82, 2.24) is 25.9 Å². The Hall–Kier alpha value is -2.95. The molecule has 0 radical (unpaired) electrons. The van der Waals surface area contributed by atoms with Crippen LogP contribution in [0.25, 0.3) is 0 Å². The van der Waals surface area contributed by atoms with Crippen molar-refractivity contribution in [3.63, 3.8) is 0 Å². The number of carbonyl (C=O) groups excluding carboxylic acids is 2. The summed E-state index contributed by atoms with van der Waals surface area (Å²) >= 11 is 0. The van der Waals surface area contributed by atoms with Gasteiger partial charge in [0, 0.05) is 18.3 Å².